The van der Waals surface area contributed by atoms with E-state index in [9.17, 15) is 13.7 Å². The molecule has 0 saturated carbocycles. The van der Waals surface area contributed by atoms with E-state index in [0.717, 1.165) is 16.7 Å². The number of hydrogen-bond donors (Lipinski definition) is 2. The lowest BCUT2D eigenvalue weighted by atomic mass is 9.96. The lowest BCUT2D eigenvalue weighted by molar-refractivity contribution is 0.206. The number of sulfonamides is 1. The van der Waals surface area contributed by atoms with Crippen molar-refractivity contribution in [3.05, 3.63) is 106 Å². The van der Waals surface area contributed by atoms with Gasteiger partial charge in [0.05, 0.1) is 23.4 Å². The van der Waals surface area contributed by atoms with Crippen LogP contribution >= 0.6 is 11.6 Å². The van der Waals surface area contributed by atoms with Gasteiger partial charge >= 0.3 is 0 Å². The number of benzene rings is 3. The predicted octanol–water partition coefficient (Wildman–Crippen LogP) is 5.44. The summed E-state index contributed by atoms with van der Waals surface area (Å²) in [6, 6.07) is 18.0. The number of nitriles is 1. The number of nitrogens with zero attached hydrogens (tertiary/aromatic N) is 2. The number of rotatable bonds is 12. The van der Waals surface area contributed by atoms with Crippen LogP contribution in [0.15, 0.2) is 67.0 Å². The van der Waals surface area contributed by atoms with Crippen molar-refractivity contribution < 1.29 is 27.0 Å². The lowest BCUT2D eigenvalue weighted by Gasteiger charge is -2.20. The Hall–Kier alpha value is -4.21. The molecule has 0 radical (unpaired) electrons. The van der Waals surface area contributed by atoms with Crippen LogP contribution in [0.3, 0.4) is 0 Å². The maximum Gasteiger partial charge on any atom is 0.210 e. The van der Waals surface area contributed by atoms with Crippen molar-refractivity contribution in [3.8, 4) is 34.4 Å². The van der Waals surface area contributed by atoms with E-state index >= 15 is 4.39 Å². The smallest absolute Gasteiger partial charge is 0.210 e. The van der Waals surface area contributed by atoms with Gasteiger partial charge in [0.15, 0.2) is 11.6 Å². The zero-order valence-electron chi connectivity index (χ0n) is 23.8. The van der Waals surface area contributed by atoms with Crippen LogP contribution in [0.1, 0.15) is 40.3 Å². The number of ether oxygens (including phenoxy) is 3. The Bertz CT molecular complexity index is 1830. The highest BCUT2D eigenvalue weighted by molar-refractivity contribution is 7.89. The summed E-state index contributed by atoms with van der Waals surface area (Å²) in [6.07, 6.45) is 4.08. The van der Waals surface area contributed by atoms with Gasteiger partial charge in [0.2, 0.25) is 10.0 Å². The fraction of sp³-hybridized carbons (Fsp3) is 0.250. The van der Waals surface area contributed by atoms with E-state index in [1.165, 1.54) is 13.3 Å². The standard InChI is InChI=1S/C32H30ClFN4O5S/c1-41-29-7-3-6-26(32(29)34)23-4-2-5-25-24(23)8-9-28(25)43-31-14-30(42-19-21-12-20(15-35)16-38-17-21)22(13-27(31)33)18-37-10-11-44(36,39)40/h2-7,12-14,16-17,28,37H,8-11,18-19H2,1H3,(H2,36,39,40)/t28-/m0/s1. The molecule has 3 aromatic carbocycles. The molecular formula is C32H30ClFN4O5S. The van der Waals surface area contributed by atoms with Gasteiger partial charge in [0.25, 0.3) is 0 Å². The third-order valence-corrected chi connectivity index (χ3v) is 8.34. The van der Waals surface area contributed by atoms with Crippen molar-refractivity contribution in [1.29, 1.82) is 5.26 Å². The van der Waals surface area contributed by atoms with Crippen LogP contribution in [0.2, 0.25) is 5.02 Å². The molecule has 0 amide bonds. The molecular weight excluding hydrogens is 607 g/mol. The number of halogens is 2. The van der Waals surface area contributed by atoms with Gasteiger partial charge in [-0.05, 0) is 47.7 Å². The first-order valence-electron chi connectivity index (χ1n) is 13.8. The van der Waals surface area contributed by atoms with E-state index in [2.05, 4.69) is 16.4 Å². The Balaban J connectivity index is 1.41. The highest BCUT2D eigenvalue weighted by Crippen LogP contribution is 2.43. The quantitative estimate of drug-likeness (QED) is 0.196. The van der Waals surface area contributed by atoms with E-state index in [1.54, 1.807) is 42.6 Å². The Morgan fingerprint density at radius 2 is 1.91 bits per heavy atom. The minimum atomic E-state index is -3.62. The first-order chi connectivity index (χ1) is 21.2. The summed E-state index contributed by atoms with van der Waals surface area (Å²) < 4.78 is 55.6. The normalized spacial score (nSPS) is 14.1. The van der Waals surface area contributed by atoms with Crippen molar-refractivity contribution in [3.63, 3.8) is 0 Å². The topological polar surface area (TPSA) is 137 Å². The first kappa shape index (κ1) is 31.2. The van der Waals surface area contributed by atoms with Gasteiger partial charge in [0.1, 0.15) is 30.3 Å². The van der Waals surface area contributed by atoms with Crippen LogP contribution in [0.5, 0.6) is 17.2 Å². The summed E-state index contributed by atoms with van der Waals surface area (Å²) in [5, 5.41) is 17.7. The van der Waals surface area contributed by atoms with E-state index in [0.29, 0.717) is 51.6 Å². The number of primary sulfonamides is 1. The largest absolute Gasteiger partial charge is 0.494 e. The average Bonchev–Trinajstić information content (AvgIpc) is 3.42. The summed E-state index contributed by atoms with van der Waals surface area (Å²) in [5.74, 6) is 0.393. The molecule has 0 spiro atoms. The maximum atomic E-state index is 15.2. The van der Waals surface area contributed by atoms with Crippen molar-refractivity contribution in [2.75, 3.05) is 19.4 Å². The van der Waals surface area contributed by atoms with E-state index in [-0.39, 0.29) is 37.3 Å². The second-order valence-corrected chi connectivity index (χ2v) is 12.4. The number of methoxy groups -OCH3 is 1. The van der Waals surface area contributed by atoms with Crippen LogP contribution < -0.4 is 24.7 Å². The SMILES string of the molecule is COc1cccc(-c2cccc3c2CC[C@@H]3Oc2cc(OCc3cncc(C#N)c3)c(CNCCS(N)(=O)=O)cc2Cl)c1F. The first-order valence-corrected chi connectivity index (χ1v) is 15.9. The number of nitrogens with two attached hydrogens (primary N) is 1. The number of pyridine rings is 1. The molecule has 1 heterocycles. The third-order valence-electron chi connectivity index (χ3n) is 7.27. The number of hydrogen-bond acceptors (Lipinski definition) is 8. The molecule has 12 heteroatoms. The highest BCUT2D eigenvalue weighted by Gasteiger charge is 2.28. The fourth-order valence-electron chi connectivity index (χ4n) is 5.19. The van der Waals surface area contributed by atoms with Gasteiger partial charge < -0.3 is 19.5 Å². The third kappa shape index (κ3) is 7.29. The zero-order valence-corrected chi connectivity index (χ0v) is 25.4. The minimum Gasteiger partial charge on any atom is -0.494 e. The van der Waals surface area contributed by atoms with Gasteiger partial charge in [-0.15, -0.1) is 0 Å². The van der Waals surface area contributed by atoms with E-state index < -0.39 is 15.8 Å². The second kappa shape index (κ2) is 13.6. The summed E-state index contributed by atoms with van der Waals surface area (Å²) in [7, 11) is -2.18. The van der Waals surface area contributed by atoms with Gasteiger partial charge in [0, 0.05) is 48.2 Å². The molecule has 228 valence electrons. The molecule has 0 fully saturated rings. The molecule has 9 nitrogen and oxygen atoms in total. The van der Waals surface area contributed by atoms with Gasteiger partial charge in [-0.1, -0.05) is 41.9 Å². The molecule has 0 aliphatic heterocycles. The molecule has 1 atom stereocenters. The monoisotopic (exact) mass is 636 g/mol. The number of nitrogens with one attached hydrogen (secondary N) is 1. The number of fused-ring (bicyclic) bond motifs is 1. The summed E-state index contributed by atoms with van der Waals surface area (Å²) in [5.41, 5.74) is 4.96. The number of aromatic nitrogens is 1. The van der Waals surface area contributed by atoms with Crippen LogP contribution in [-0.2, 0) is 29.6 Å². The molecule has 4 aromatic rings. The summed E-state index contributed by atoms with van der Waals surface area (Å²) >= 11 is 6.70. The van der Waals surface area contributed by atoms with Gasteiger partial charge in [-0.2, -0.15) is 5.26 Å². The Morgan fingerprint density at radius 1 is 1.11 bits per heavy atom. The summed E-state index contributed by atoms with van der Waals surface area (Å²) in [6.45, 7) is 0.510. The van der Waals surface area contributed by atoms with Crippen molar-refractivity contribution in [2.24, 2.45) is 5.14 Å². The van der Waals surface area contributed by atoms with Crippen molar-refractivity contribution in [1.82, 2.24) is 10.3 Å². The van der Waals surface area contributed by atoms with Gasteiger partial charge in [-0.25, -0.2) is 17.9 Å². The van der Waals surface area contributed by atoms with Crippen LogP contribution in [0.4, 0.5) is 4.39 Å². The van der Waals surface area contributed by atoms with Crippen LogP contribution in [-0.4, -0.2) is 32.8 Å². The maximum absolute atomic E-state index is 15.2. The second-order valence-electron chi connectivity index (χ2n) is 10.3. The van der Waals surface area contributed by atoms with Crippen molar-refractivity contribution >= 4 is 21.6 Å². The molecule has 5 rings (SSSR count). The summed E-state index contributed by atoms with van der Waals surface area (Å²) in [4.78, 5) is 4.08. The predicted molar refractivity (Wildman–Crippen MR) is 164 cm³/mol. The molecule has 1 aliphatic carbocycles. The zero-order chi connectivity index (χ0) is 31.3. The van der Waals surface area contributed by atoms with Gasteiger partial charge in [-0.3, -0.25) is 4.98 Å². The lowest BCUT2D eigenvalue weighted by Crippen LogP contribution is -2.27. The van der Waals surface area contributed by atoms with E-state index in [1.807, 2.05) is 18.2 Å². The minimum absolute atomic E-state index is 0.121. The Labute approximate surface area is 260 Å². The molecule has 3 N–H and O–H groups in total. The fourth-order valence-corrected chi connectivity index (χ4v) is 5.85. The van der Waals surface area contributed by atoms with Crippen molar-refractivity contribution in [2.45, 2.75) is 32.1 Å². The highest BCUT2D eigenvalue weighted by atomic mass is 35.5. The van der Waals surface area contributed by atoms with Crippen LogP contribution in [0.25, 0.3) is 11.1 Å². The molecule has 1 aromatic heterocycles. The van der Waals surface area contributed by atoms with E-state index in [4.69, 9.17) is 31.0 Å². The molecule has 0 saturated heterocycles. The Morgan fingerprint density at radius 3 is 2.68 bits per heavy atom. The van der Waals surface area contributed by atoms with Crippen LogP contribution in [0, 0.1) is 17.1 Å². The molecule has 1 aliphatic rings. The molecule has 0 bridgehead atoms. The molecule has 44 heavy (non-hydrogen) atoms. The Kier molecular flexibility index (Phi) is 9.66. The average molecular weight is 637 g/mol. The molecule has 0 unspecified atom stereocenters.